The standard InChI is InChI=1S/C16H23N2/c1-12(2)15-8-6-7-9-16(15)17-11-10-14(5)18(17)13(3)4/h6-13H,1-5H3/q+1. The molecule has 0 spiro atoms. The predicted octanol–water partition coefficient (Wildman–Crippen LogP) is 3.78. The molecule has 0 atom stereocenters. The van der Waals surface area contributed by atoms with Gasteiger partial charge in [0.1, 0.15) is 0 Å². The summed E-state index contributed by atoms with van der Waals surface area (Å²) in [6.07, 6.45) is 2.16. The molecule has 0 aliphatic heterocycles. The van der Waals surface area contributed by atoms with Crippen molar-refractivity contribution in [1.29, 1.82) is 0 Å². The smallest absolute Gasteiger partial charge is 0.150 e. The van der Waals surface area contributed by atoms with Crippen LogP contribution in [0.2, 0.25) is 0 Å². The first-order chi connectivity index (χ1) is 8.52. The molecule has 0 bridgehead atoms. The zero-order valence-electron chi connectivity index (χ0n) is 12.0. The van der Waals surface area contributed by atoms with Gasteiger partial charge in [0, 0.05) is 17.7 Å². The third kappa shape index (κ3) is 2.20. The molecule has 0 amide bonds. The Morgan fingerprint density at radius 2 is 1.67 bits per heavy atom. The van der Waals surface area contributed by atoms with E-state index in [0.29, 0.717) is 12.0 Å². The third-order valence-electron chi connectivity index (χ3n) is 3.35. The lowest BCUT2D eigenvalue weighted by Gasteiger charge is -2.12. The molecule has 0 saturated carbocycles. The fraction of sp³-hybridized carbons (Fsp3) is 0.438. The molecule has 2 nitrogen and oxygen atoms in total. The fourth-order valence-electron chi connectivity index (χ4n) is 2.53. The maximum Gasteiger partial charge on any atom is 0.239 e. The van der Waals surface area contributed by atoms with Crippen LogP contribution in [-0.4, -0.2) is 4.68 Å². The van der Waals surface area contributed by atoms with Crippen molar-refractivity contribution in [3.05, 3.63) is 47.8 Å². The fourth-order valence-corrected chi connectivity index (χ4v) is 2.53. The maximum atomic E-state index is 2.33. The van der Waals surface area contributed by atoms with Gasteiger partial charge < -0.3 is 0 Å². The Hall–Kier alpha value is -1.57. The number of rotatable bonds is 3. The van der Waals surface area contributed by atoms with Gasteiger partial charge in [0.05, 0.1) is 11.7 Å². The Bertz CT molecular complexity index is 536. The summed E-state index contributed by atoms with van der Waals surface area (Å²) in [4.78, 5) is 0. The van der Waals surface area contributed by atoms with Gasteiger partial charge in [-0.15, -0.1) is 4.68 Å². The molecule has 1 heterocycles. The van der Waals surface area contributed by atoms with Crippen molar-refractivity contribution in [2.24, 2.45) is 0 Å². The van der Waals surface area contributed by atoms with Crippen molar-refractivity contribution in [3.63, 3.8) is 0 Å². The van der Waals surface area contributed by atoms with E-state index in [0.717, 1.165) is 0 Å². The first-order valence-electron chi connectivity index (χ1n) is 6.71. The topological polar surface area (TPSA) is 8.81 Å². The van der Waals surface area contributed by atoms with Crippen LogP contribution in [0, 0.1) is 6.92 Å². The average molecular weight is 243 g/mol. The Balaban J connectivity index is 2.63. The molecule has 0 N–H and O–H groups in total. The van der Waals surface area contributed by atoms with Gasteiger partial charge in [0.15, 0.2) is 0 Å². The molecule has 96 valence electrons. The molecule has 0 fully saturated rings. The van der Waals surface area contributed by atoms with Crippen molar-refractivity contribution in [2.75, 3.05) is 0 Å². The number of aromatic nitrogens is 2. The van der Waals surface area contributed by atoms with E-state index in [9.17, 15) is 0 Å². The Morgan fingerprint density at radius 3 is 2.28 bits per heavy atom. The number of nitrogens with zero attached hydrogens (tertiary/aromatic N) is 2. The van der Waals surface area contributed by atoms with E-state index in [2.05, 4.69) is 80.5 Å². The first kappa shape index (κ1) is 12.9. The average Bonchev–Trinajstić information content (AvgIpc) is 2.71. The number of para-hydroxylation sites is 1. The van der Waals surface area contributed by atoms with Crippen LogP contribution in [0.15, 0.2) is 36.5 Å². The number of aryl methyl sites for hydroxylation is 1. The second-order valence-electron chi connectivity index (χ2n) is 5.45. The number of hydrogen-bond donors (Lipinski definition) is 0. The van der Waals surface area contributed by atoms with Crippen LogP contribution in [0.5, 0.6) is 0 Å². The van der Waals surface area contributed by atoms with Crippen LogP contribution in [-0.2, 0) is 0 Å². The van der Waals surface area contributed by atoms with Crippen LogP contribution in [0.3, 0.4) is 0 Å². The van der Waals surface area contributed by atoms with Gasteiger partial charge in [-0.2, -0.15) is 0 Å². The predicted molar refractivity (Wildman–Crippen MR) is 75.2 cm³/mol. The molecule has 1 aromatic heterocycles. The molecule has 0 aliphatic carbocycles. The minimum atomic E-state index is 0.459. The summed E-state index contributed by atoms with van der Waals surface area (Å²) in [5, 5.41) is 0. The Morgan fingerprint density at radius 1 is 1.00 bits per heavy atom. The Labute approximate surface area is 110 Å². The zero-order valence-corrected chi connectivity index (χ0v) is 12.0. The summed E-state index contributed by atoms with van der Waals surface area (Å²) in [7, 11) is 0. The summed E-state index contributed by atoms with van der Waals surface area (Å²) >= 11 is 0. The second-order valence-corrected chi connectivity index (χ2v) is 5.45. The quantitative estimate of drug-likeness (QED) is 0.725. The summed E-state index contributed by atoms with van der Waals surface area (Å²) in [6.45, 7) is 11.1. The highest BCUT2D eigenvalue weighted by atomic mass is 15.4. The Kier molecular flexibility index (Phi) is 3.55. The van der Waals surface area contributed by atoms with Gasteiger partial charge in [0.2, 0.25) is 11.9 Å². The van der Waals surface area contributed by atoms with E-state index < -0.39 is 0 Å². The van der Waals surface area contributed by atoms with E-state index in [1.54, 1.807) is 0 Å². The van der Waals surface area contributed by atoms with E-state index in [1.807, 2.05) is 0 Å². The first-order valence-corrected chi connectivity index (χ1v) is 6.71. The van der Waals surface area contributed by atoms with Crippen molar-refractivity contribution in [2.45, 2.75) is 46.6 Å². The number of benzene rings is 1. The lowest BCUT2D eigenvalue weighted by molar-refractivity contribution is -0.688. The van der Waals surface area contributed by atoms with Crippen LogP contribution >= 0.6 is 0 Å². The van der Waals surface area contributed by atoms with Gasteiger partial charge in [0.25, 0.3) is 0 Å². The van der Waals surface area contributed by atoms with Crippen LogP contribution in [0.4, 0.5) is 0 Å². The molecule has 0 aliphatic rings. The zero-order chi connectivity index (χ0) is 13.3. The molecule has 1 aromatic carbocycles. The third-order valence-corrected chi connectivity index (χ3v) is 3.35. The molecule has 18 heavy (non-hydrogen) atoms. The minimum absolute atomic E-state index is 0.459. The molecule has 2 rings (SSSR count). The van der Waals surface area contributed by atoms with Gasteiger partial charge >= 0.3 is 0 Å². The maximum absolute atomic E-state index is 2.33. The summed E-state index contributed by atoms with van der Waals surface area (Å²) in [6, 6.07) is 11.3. The lowest BCUT2D eigenvalue weighted by atomic mass is 10.0. The highest BCUT2D eigenvalue weighted by Gasteiger charge is 2.21. The monoisotopic (exact) mass is 243 g/mol. The van der Waals surface area contributed by atoms with Gasteiger partial charge in [-0.05, 0) is 26.7 Å². The van der Waals surface area contributed by atoms with Crippen LogP contribution < -0.4 is 4.68 Å². The molecule has 0 radical (unpaired) electrons. The van der Waals surface area contributed by atoms with Crippen LogP contribution in [0.25, 0.3) is 5.69 Å². The molecule has 2 aromatic rings. The van der Waals surface area contributed by atoms with Crippen molar-refractivity contribution < 1.29 is 4.68 Å². The van der Waals surface area contributed by atoms with E-state index in [-0.39, 0.29) is 0 Å². The molecule has 0 saturated heterocycles. The van der Waals surface area contributed by atoms with Gasteiger partial charge in [-0.25, -0.2) is 0 Å². The molecule has 0 unspecified atom stereocenters. The largest absolute Gasteiger partial charge is 0.239 e. The van der Waals surface area contributed by atoms with Gasteiger partial charge in [-0.1, -0.05) is 36.7 Å². The summed E-state index contributed by atoms with van der Waals surface area (Å²) < 4.78 is 4.61. The van der Waals surface area contributed by atoms with E-state index in [1.165, 1.54) is 16.9 Å². The van der Waals surface area contributed by atoms with E-state index in [4.69, 9.17) is 0 Å². The minimum Gasteiger partial charge on any atom is -0.150 e. The molecular formula is C16H23N2+. The summed E-state index contributed by atoms with van der Waals surface area (Å²) in [5.74, 6) is 0.532. The lowest BCUT2D eigenvalue weighted by Crippen LogP contribution is -2.42. The normalized spacial score (nSPS) is 11.5. The van der Waals surface area contributed by atoms with Crippen molar-refractivity contribution in [3.8, 4) is 5.69 Å². The van der Waals surface area contributed by atoms with Gasteiger partial charge in [-0.3, -0.25) is 0 Å². The highest BCUT2D eigenvalue weighted by molar-refractivity contribution is 5.35. The second kappa shape index (κ2) is 4.97. The molecule has 2 heteroatoms. The summed E-state index contributed by atoms with van der Waals surface area (Å²) in [5.41, 5.74) is 3.97. The SMILES string of the molecule is Cc1cc[n+](-c2ccccc2C(C)C)n1C(C)C. The van der Waals surface area contributed by atoms with Crippen molar-refractivity contribution >= 4 is 0 Å². The number of hydrogen-bond acceptors (Lipinski definition) is 0. The van der Waals surface area contributed by atoms with E-state index >= 15 is 0 Å². The highest BCUT2D eigenvalue weighted by Crippen LogP contribution is 2.20. The van der Waals surface area contributed by atoms with Crippen molar-refractivity contribution in [1.82, 2.24) is 4.68 Å². The van der Waals surface area contributed by atoms with Crippen LogP contribution in [0.1, 0.15) is 50.9 Å². The molecular weight excluding hydrogens is 220 g/mol.